The van der Waals surface area contributed by atoms with Crippen LogP contribution in [0, 0.1) is 6.92 Å². The molecule has 1 amide bonds. The zero-order valence-electron chi connectivity index (χ0n) is 21.9. The zero-order chi connectivity index (χ0) is 27.0. The predicted octanol–water partition coefficient (Wildman–Crippen LogP) is 6.23. The molecule has 7 heteroatoms. The molecule has 0 aliphatic rings. The number of aryl methyl sites for hydroxylation is 1. The first-order valence-electron chi connectivity index (χ1n) is 11.8. The van der Waals surface area contributed by atoms with Crippen molar-refractivity contribution in [2.45, 2.75) is 18.4 Å². The Morgan fingerprint density at radius 2 is 1.51 bits per heavy atom. The summed E-state index contributed by atoms with van der Waals surface area (Å²) in [6.07, 6.45) is 3.78. The van der Waals surface area contributed by atoms with Crippen molar-refractivity contribution < 1.29 is 14.5 Å². The van der Waals surface area contributed by atoms with Gasteiger partial charge in [0.1, 0.15) is 7.14 Å². The van der Waals surface area contributed by atoms with E-state index in [4.69, 9.17) is 5.11 Å². The molecule has 1 aromatic heterocycles. The molecule has 0 saturated carbocycles. The minimum absolute atomic E-state index is 0.112. The van der Waals surface area contributed by atoms with Gasteiger partial charge in [-0.3, -0.25) is 9.78 Å². The standard InChI is InChI=1S/C29H29N2O2PS.CH4O/c1-20-11-12-25(18-28(20)35-4)29(32)31-19-26-16-24(13-14-30-26)22-8-5-7-21(15-22)23-9-6-10-27(17-23)34(2,3)33;1-2/h5-18H,19H2,1-4H3,(H,31,32);2H,1H3. The summed E-state index contributed by atoms with van der Waals surface area (Å²) in [5.41, 5.74) is 6.79. The molecule has 4 rings (SSSR count). The normalized spacial score (nSPS) is 10.9. The molecule has 3 aromatic carbocycles. The van der Waals surface area contributed by atoms with Crippen molar-refractivity contribution in [3.63, 3.8) is 0 Å². The first-order valence-corrected chi connectivity index (χ1v) is 15.7. The van der Waals surface area contributed by atoms with Gasteiger partial charge in [0.2, 0.25) is 0 Å². The van der Waals surface area contributed by atoms with Crippen molar-refractivity contribution in [3.8, 4) is 22.3 Å². The van der Waals surface area contributed by atoms with E-state index >= 15 is 0 Å². The summed E-state index contributed by atoms with van der Waals surface area (Å²) >= 11 is 1.64. The van der Waals surface area contributed by atoms with Gasteiger partial charge in [-0.1, -0.05) is 42.5 Å². The van der Waals surface area contributed by atoms with E-state index in [1.54, 1.807) is 31.3 Å². The molecule has 2 N–H and O–H groups in total. The van der Waals surface area contributed by atoms with E-state index in [2.05, 4.69) is 28.5 Å². The van der Waals surface area contributed by atoms with Crippen molar-refractivity contribution >= 4 is 30.1 Å². The molecule has 0 aliphatic heterocycles. The average Bonchev–Trinajstić information content (AvgIpc) is 2.93. The summed E-state index contributed by atoms with van der Waals surface area (Å²) in [7, 11) is -1.33. The smallest absolute Gasteiger partial charge is 0.251 e. The molecule has 192 valence electrons. The fourth-order valence-corrected chi connectivity index (χ4v) is 5.42. The molecule has 0 spiro atoms. The summed E-state index contributed by atoms with van der Waals surface area (Å²) in [4.78, 5) is 18.2. The Hall–Kier alpha value is -3.18. The number of carbonyl (C=O) groups excluding carboxylic acids is 1. The molecule has 0 fully saturated rings. The van der Waals surface area contributed by atoms with Crippen LogP contribution in [-0.2, 0) is 11.1 Å². The third-order valence-corrected chi connectivity index (χ3v) is 8.32. The topological polar surface area (TPSA) is 79.3 Å². The van der Waals surface area contributed by atoms with Crippen LogP contribution < -0.4 is 10.6 Å². The Morgan fingerprint density at radius 3 is 2.16 bits per heavy atom. The van der Waals surface area contributed by atoms with E-state index < -0.39 is 7.14 Å². The number of amides is 1. The maximum absolute atomic E-state index is 12.7. The first-order chi connectivity index (χ1) is 17.7. The number of hydrogen-bond acceptors (Lipinski definition) is 5. The maximum Gasteiger partial charge on any atom is 0.251 e. The lowest BCUT2D eigenvalue weighted by Crippen LogP contribution is -2.23. The summed E-state index contributed by atoms with van der Waals surface area (Å²) in [6.45, 7) is 5.97. The maximum atomic E-state index is 12.7. The van der Waals surface area contributed by atoms with Crippen LogP contribution in [0.25, 0.3) is 22.3 Å². The molecule has 37 heavy (non-hydrogen) atoms. The number of hydrogen-bond donors (Lipinski definition) is 2. The number of benzene rings is 3. The summed E-state index contributed by atoms with van der Waals surface area (Å²) in [5, 5.41) is 10.9. The summed E-state index contributed by atoms with van der Waals surface area (Å²) in [6, 6.07) is 25.9. The third kappa shape index (κ3) is 7.42. The minimum Gasteiger partial charge on any atom is -0.400 e. The molecule has 0 bridgehead atoms. The number of nitrogens with one attached hydrogen (secondary N) is 1. The molecule has 5 nitrogen and oxygen atoms in total. The highest BCUT2D eigenvalue weighted by molar-refractivity contribution is 7.98. The largest absolute Gasteiger partial charge is 0.400 e. The van der Waals surface area contributed by atoms with Crippen LogP contribution in [0.15, 0.2) is 90.0 Å². The van der Waals surface area contributed by atoms with Gasteiger partial charge in [0.25, 0.3) is 5.91 Å². The zero-order valence-corrected chi connectivity index (χ0v) is 23.6. The summed E-state index contributed by atoms with van der Waals surface area (Å²) in [5.74, 6) is -0.112. The average molecular weight is 533 g/mol. The van der Waals surface area contributed by atoms with Gasteiger partial charge in [-0.25, -0.2) is 0 Å². The van der Waals surface area contributed by atoms with Crippen molar-refractivity contribution in [2.24, 2.45) is 0 Å². The quantitative estimate of drug-likeness (QED) is 0.218. The van der Waals surface area contributed by atoms with Crippen LogP contribution in [0.3, 0.4) is 0 Å². The summed E-state index contributed by atoms with van der Waals surface area (Å²) < 4.78 is 12.5. The van der Waals surface area contributed by atoms with Gasteiger partial charge in [0, 0.05) is 29.1 Å². The first kappa shape index (κ1) is 28.4. The van der Waals surface area contributed by atoms with Crippen LogP contribution >= 0.6 is 18.9 Å². The number of carbonyl (C=O) groups is 1. The van der Waals surface area contributed by atoms with Crippen molar-refractivity contribution in [3.05, 3.63) is 102 Å². The molecule has 0 radical (unpaired) electrons. The van der Waals surface area contributed by atoms with Gasteiger partial charge >= 0.3 is 0 Å². The number of thioether (sulfide) groups is 1. The van der Waals surface area contributed by atoms with E-state index in [1.807, 2.05) is 73.8 Å². The molecule has 0 atom stereocenters. The molecule has 0 saturated heterocycles. The highest BCUT2D eigenvalue weighted by Crippen LogP contribution is 2.36. The SMILES string of the molecule is CO.CSc1cc(C(=O)NCc2cc(-c3cccc(-c4cccc(P(C)(C)=O)c4)c3)ccn2)ccc1C. The van der Waals surface area contributed by atoms with Crippen molar-refractivity contribution in [1.82, 2.24) is 10.3 Å². The third-order valence-electron chi connectivity index (χ3n) is 5.91. The fraction of sp³-hybridized carbons (Fsp3) is 0.200. The molecule has 0 unspecified atom stereocenters. The molecule has 4 aromatic rings. The Balaban J connectivity index is 0.00000186. The van der Waals surface area contributed by atoms with E-state index in [1.165, 1.54) is 0 Å². The molecule has 1 heterocycles. The fourth-order valence-electron chi connectivity index (χ4n) is 3.89. The van der Waals surface area contributed by atoms with Gasteiger partial charge in [0.15, 0.2) is 0 Å². The van der Waals surface area contributed by atoms with Gasteiger partial charge in [-0.2, -0.15) is 0 Å². The lowest BCUT2D eigenvalue weighted by atomic mass is 9.99. The van der Waals surface area contributed by atoms with Crippen LogP contribution in [0.2, 0.25) is 0 Å². The van der Waals surface area contributed by atoms with Crippen LogP contribution in [0.4, 0.5) is 0 Å². The van der Waals surface area contributed by atoms with Crippen LogP contribution in [0.1, 0.15) is 21.6 Å². The van der Waals surface area contributed by atoms with E-state index in [0.717, 1.165) is 50.8 Å². The number of aliphatic hydroxyl groups is 1. The predicted molar refractivity (Wildman–Crippen MR) is 156 cm³/mol. The van der Waals surface area contributed by atoms with Crippen molar-refractivity contribution in [2.75, 3.05) is 26.7 Å². The van der Waals surface area contributed by atoms with E-state index in [-0.39, 0.29) is 5.91 Å². The molecule has 0 aliphatic carbocycles. The van der Waals surface area contributed by atoms with Crippen molar-refractivity contribution in [1.29, 1.82) is 0 Å². The lowest BCUT2D eigenvalue weighted by molar-refractivity contribution is 0.0950. The number of pyridine rings is 1. The monoisotopic (exact) mass is 532 g/mol. The highest BCUT2D eigenvalue weighted by Gasteiger charge is 2.12. The number of aliphatic hydroxyl groups excluding tert-OH is 1. The second-order valence-electron chi connectivity index (χ2n) is 8.88. The molecular weight excluding hydrogens is 499 g/mol. The van der Waals surface area contributed by atoms with Crippen LogP contribution in [0.5, 0.6) is 0 Å². The second kappa shape index (κ2) is 12.9. The lowest BCUT2D eigenvalue weighted by Gasteiger charge is -2.11. The number of aromatic nitrogens is 1. The van der Waals surface area contributed by atoms with Crippen LogP contribution in [-0.4, -0.2) is 42.7 Å². The van der Waals surface area contributed by atoms with Gasteiger partial charge < -0.3 is 15.0 Å². The van der Waals surface area contributed by atoms with Gasteiger partial charge in [0.05, 0.1) is 12.2 Å². The van der Waals surface area contributed by atoms with Gasteiger partial charge in [-0.15, -0.1) is 11.8 Å². The highest BCUT2D eigenvalue weighted by atomic mass is 32.2. The molecular formula is C30H33N2O3PS. The van der Waals surface area contributed by atoms with E-state index in [9.17, 15) is 9.36 Å². The number of rotatable bonds is 7. The second-order valence-corrected chi connectivity index (χ2v) is 13.0. The Morgan fingerprint density at radius 1 is 0.892 bits per heavy atom. The Kier molecular flexibility index (Phi) is 9.87. The Labute approximate surface area is 223 Å². The number of nitrogens with zero attached hydrogens (tertiary/aromatic N) is 1. The van der Waals surface area contributed by atoms with E-state index in [0.29, 0.717) is 12.1 Å². The van der Waals surface area contributed by atoms with Gasteiger partial charge in [-0.05, 0) is 90.7 Å². The minimum atomic E-state index is -2.33. The Bertz CT molecular complexity index is 1430.